The summed E-state index contributed by atoms with van der Waals surface area (Å²) >= 11 is 5.81. The largest absolute Gasteiger partial charge is 0.460 e. The molecule has 5 heteroatoms. The van der Waals surface area contributed by atoms with Crippen molar-refractivity contribution >= 4 is 34.2 Å². The van der Waals surface area contributed by atoms with Gasteiger partial charge in [0.25, 0.3) is 0 Å². The van der Waals surface area contributed by atoms with Gasteiger partial charge in [0.1, 0.15) is 13.2 Å². The normalized spacial score (nSPS) is 10.5. The van der Waals surface area contributed by atoms with Crippen LogP contribution in [-0.4, -0.2) is 18.4 Å². The molecule has 0 aromatic heterocycles. The highest BCUT2D eigenvalue weighted by Crippen LogP contribution is 2.18. The van der Waals surface area contributed by atoms with Crippen LogP contribution < -0.4 is 5.32 Å². The zero-order chi connectivity index (χ0) is 18.4. The second-order valence-electron chi connectivity index (χ2n) is 5.88. The molecule has 0 saturated carbocycles. The van der Waals surface area contributed by atoms with Crippen LogP contribution in [0.3, 0.4) is 0 Å². The molecule has 0 unspecified atom stereocenters. The molecule has 0 aliphatic carbocycles. The quantitative estimate of drug-likeness (QED) is 0.672. The minimum Gasteiger partial charge on any atom is -0.460 e. The molecule has 26 heavy (non-hydrogen) atoms. The molecule has 0 fully saturated rings. The van der Waals surface area contributed by atoms with E-state index in [4.69, 9.17) is 16.3 Å². The van der Waals surface area contributed by atoms with Gasteiger partial charge < -0.3 is 10.1 Å². The van der Waals surface area contributed by atoms with E-state index in [1.807, 2.05) is 42.5 Å². The van der Waals surface area contributed by atoms with E-state index in [0.717, 1.165) is 21.9 Å². The summed E-state index contributed by atoms with van der Waals surface area (Å²) in [5, 5.41) is 5.35. The lowest BCUT2D eigenvalue weighted by Gasteiger charge is -2.08. The van der Waals surface area contributed by atoms with Gasteiger partial charge in [-0.1, -0.05) is 66.2 Å². The fourth-order valence-electron chi connectivity index (χ4n) is 2.65. The van der Waals surface area contributed by atoms with E-state index in [2.05, 4.69) is 5.32 Å². The van der Waals surface area contributed by atoms with Crippen LogP contribution in [-0.2, 0) is 27.4 Å². The average molecular weight is 368 g/mol. The third kappa shape index (κ3) is 4.83. The van der Waals surface area contributed by atoms with Crippen LogP contribution in [0.2, 0.25) is 5.02 Å². The van der Waals surface area contributed by atoms with Gasteiger partial charge in [0.05, 0.1) is 6.42 Å². The molecule has 0 heterocycles. The fraction of sp³-hybridized carbons (Fsp3) is 0.143. The molecule has 1 N–H and O–H groups in total. The highest BCUT2D eigenvalue weighted by Gasteiger charge is 2.09. The van der Waals surface area contributed by atoms with Crippen molar-refractivity contribution in [2.75, 3.05) is 6.54 Å². The molecule has 0 radical (unpaired) electrons. The predicted octanol–water partition coefficient (Wildman–Crippen LogP) is 3.90. The molecule has 0 atom stereocenters. The Morgan fingerprint density at radius 1 is 0.923 bits per heavy atom. The minimum absolute atomic E-state index is 0.148. The molecule has 3 rings (SSSR count). The molecular weight excluding hydrogens is 350 g/mol. The molecule has 132 valence electrons. The second kappa shape index (κ2) is 8.50. The number of carbonyl (C=O) groups is 2. The van der Waals surface area contributed by atoms with Crippen molar-refractivity contribution in [1.29, 1.82) is 0 Å². The van der Waals surface area contributed by atoms with Crippen molar-refractivity contribution in [1.82, 2.24) is 5.32 Å². The second-order valence-corrected chi connectivity index (χ2v) is 6.32. The molecule has 0 aliphatic rings. The predicted molar refractivity (Wildman–Crippen MR) is 102 cm³/mol. The van der Waals surface area contributed by atoms with Crippen LogP contribution in [0.25, 0.3) is 10.8 Å². The number of fused-ring (bicyclic) bond motifs is 1. The molecule has 1 amide bonds. The number of hydrogen-bond acceptors (Lipinski definition) is 3. The molecule has 4 nitrogen and oxygen atoms in total. The zero-order valence-electron chi connectivity index (χ0n) is 14.1. The number of halogens is 1. The molecular formula is C21H18ClNO3. The average Bonchev–Trinajstić information content (AvgIpc) is 2.66. The monoisotopic (exact) mass is 367 g/mol. The number of hydrogen-bond donors (Lipinski definition) is 1. The van der Waals surface area contributed by atoms with E-state index >= 15 is 0 Å². The summed E-state index contributed by atoms with van der Waals surface area (Å²) in [6.45, 7) is -0.00755. The number of nitrogens with one attached hydrogen (secondary N) is 1. The maximum Gasteiger partial charge on any atom is 0.325 e. The summed E-state index contributed by atoms with van der Waals surface area (Å²) in [5.41, 5.74) is 1.76. The minimum atomic E-state index is -0.480. The summed E-state index contributed by atoms with van der Waals surface area (Å²) in [6.07, 6.45) is 0.214. The van der Waals surface area contributed by atoms with E-state index in [0.29, 0.717) is 5.02 Å². The molecule has 0 bridgehead atoms. The van der Waals surface area contributed by atoms with Crippen molar-refractivity contribution in [2.24, 2.45) is 0 Å². The van der Waals surface area contributed by atoms with Crippen LogP contribution in [0, 0.1) is 0 Å². The van der Waals surface area contributed by atoms with Gasteiger partial charge in [-0.25, -0.2) is 0 Å². The van der Waals surface area contributed by atoms with Gasteiger partial charge in [-0.2, -0.15) is 0 Å². The standard InChI is InChI=1S/C21H18ClNO3/c22-18-10-8-15(9-11-18)14-26-21(25)13-23-20(24)12-17-6-3-5-16-4-1-2-7-19(16)17/h1-11H,12-14H2,(H,23,24). The zero-order valence-corrected chi connectivity index (χ0v) is 14.8. The van der Waals surface area contributed by atoms with Crippen LogP contribution in [0.15, 0.2) is 66.7 Å². The number of esters is 1. The molecule has 3 aromatic carbocycles. The number of amides is 1. The van der Waals surface area contributed by atoms with Gasteiger partial charge in [-0.05, 0) is 34.0 Å². The van der Waals surface area contributed by atoms with Gasteiger partial charge in [0.15, 0.2) is 0 Å². The van der Waals surface area contributed by atoms with Gasteiger partial charge in [-0.3, -0.25) is 9.59 Å². The Labute approximate surface area is 156 Å². The summed E-state index contributed by atoms with van der Waals surface area (Å²) in [5.74, 6) is -0.698. The number of carbonyl (C=O) groups excluding carboxylic acids is 2. The van der Waals surface area contributed by atoms with Gasteiger partial charge in [0.2, 0.25) is 5.91 Å². The van der Waals surface area contributed by atoms with Crippen LogP contribution >= 0.6 is 11.6 Å². The lowest BCUT2D eigenvalue weighted by molar-refractivity contribution is -0.145. The molecule has 3 aromatic rings. The molecule has 0 aliphatic heterocycles. The first-order valence-corrected chi connectivity index (χ1v) is 8.63. The summed E-state index contributed by atoms with van der Waals surface area (Å²) < 4.78 is 5.14. The number of ether oxygens (including phenoxy) is 1. The highest BCUT2D eigenvalue weighted by molar-refractivity contribution is 6.30. The lowest BCUT2D eigenvalue weighted by Crippen LogP contribution is -2.31. The Hall–Kier alpha value is -2.85. The van der Waals surface area contributed by atoms with E-state index in [1.54, 1.807) is 24.3 Å². The first-order valence-electron chi connectivity index (χ1n) is 8.25. The van der Waals surface area contributed by atoms with Crippen molar-refractivity contribution in [2.45, 2.75) is 13.0 Å². The van der Waals surface area contributed by atoms with E-state index in [-0.39, 0.29) is 25.5 Å². The SMILES string of the molecule is O=C(Cc1cccc2ccccc12)NCC(=O)OCc1ccc(Cl)cc1. The third-order valence-corrected chi connectivity index (χ3v) is 4.23. The van der Waals surface area contributed by atoms with Crippen molar-refractivity contribution < 1.29 is 14.3 Å². The van der Waals surface area contributed by atoms with Crippen LogP contribution in [0.1, 0.15) is 11.1 Å². The lowest BCUT2D eigenvalue weighted by atomic mass is 10.0. The highest BCUT2D eigenvalue weighted by atomic mass is 35.5. The molecule has 0 saturated heterocycles. The van der Waals surface area contributed by atoms with E-state index < -0.39 is 5.97 Å². The van der Waals surface area contributed by atoms with Crippen molar-refractivity contribution in [3.63, 3.8) is 0 Å². The Kier molecular flexibility index (Phi) is 5.87. The fourth-order valence-corrected chi connectivity index (χ4v) is 2.77. The van der Waals surface area contributed by atoms with Crippen molar-refractivity contribution in [3.8, 4) is 0 Å². The third-order valence-electron chi connectivity index (χ3n) is 3.97. The Bertz CT molecular complexity index is 917. The number of rotatable bonds is 6. The summed E-state index contributed by atoms with van der Waals surface area (Å²) in [4.78, 5) is 23.9. The van der Waals surface area contributed by atoms with E-state index in [9.17, 15) is 9.59 Å². The van der Waals surface area contributed by atoms with Gasteiger partial charge in [0, 0.05) is 5.02 Å². The Morgan fingerprint density at radius 2 is 1.65 bits per heavy atom. The van der Waals surface area contributed by atoms with Crippen LogP contribution in [0.5, 0.6) is 0 Å². The molecule has 0 spiro atoms. The summed E-state index contributed by atoms with van der Waals surface area (Å²) in [7, 11) is 0. The maximum atomic E-state index is 12.1. The van der Waals surface area contributed by atoms with Gasteiger partial charge >= 0.3 is 5.97 Å². The smallest absolute Gasteiger partial charge is 0.325 e. The first-order chi connectivity index (χ1) is 12.6. The van der Waals surface area contributed by atoms with Crippen molar-refractivity contribution in [3.05, 3.63) is 82.9 Å². The van der Waals surface area contributed by atoms with Gasteiger partial charge in [-0.15, -0.1) is 0 Å². The van der Waals surface area contributed by atoms with E-state index in [1.165, 1.54) is 0 Å². The summed E-state index contributed by atoms with van der Waals surface area (Å²) in [6, 6.07) is 20.8. The topological polar surface area (TPSA) is 55.4 Å². The first kappa shape index (κ1) is 18.0. The number of benzene rings is 3. The maximum absolute atomic E-state index is 12.1. The van der Waals surface area contributed by atoms with Crippen LogP contribution in [0.4, 0.5) is 0 Å². The Morgan fingerprint density at radius 3 is 2.46 bits per heavy atom. The Balaban J connectivity index is 1.49.